The van der Waals surface area contributed by atoms with Gasteiger partial charge in [-0.2, -0.15) is 0 Å². The van der Waals surface area contributed by atoms with Gasteiger partial charge in [-0.15, -0.1) is 0 Å². The summed E-state index contributed by atoms with van der Waals surface area (Å²) >= 11 is 0. The van der Waals surface area contributed by atoms with Crippen molar-refractivity contribution in [3.8, 4) is 0 Å². The van der Waals surface area contributed by atoms with Crippen LogP contribution in [0.3, 0.4) is 0 Å². The summed E-state index contributed by atoms with van der Waals surface area (Å²) in [7, 11) is -7.48. The zero-order valence-corrected chi connectivity index (χ0v) is 7.39. The molecule has 0 aliphatic rings. The van der Waals surface area contributed by atoms with E-state index in [-0.39, 0.29) is 5.82 Å². The van der Waals surface area contributed by atoms with Gasteiger partial charge in [0.25, 0.3) is 0 Å². The van der Waals surface area contributed by atoms with Gasteiger partial charge < -0.3 is 0 Å². The van der Waals surface area contributed by atoms with E-state index in [1.54, 1.807) is 18.2 Å². The average Bonchev–Trinajstić information content (AvgIpc) is 2.01. The average molecular weight is 210 g/mol. The zero-order chi connectivity index (χ0) is 9.97. The van der Waals surface area contributed by atoms with Crippen molar-refractivity contribution < 1.29 is 16.8 Å². The minimum atomic E-state index is -7.48. The van der Waals surface area contributed by atoms with Crippen molar-refractivity contribution in [3.63, 3.8) is 0 Å². The molecule has 0 radical (unpaired) electrons. The van der Waals surface area contributed by atoms with E-state index in [2.05, 4.69) is 0 Å². The third kappa shape index (κ3) is 4.63. The maximum atomic E-state index is 11.8. The fourth-order valence-corrected chi connectivity index (χ4v) is 1.16. The monoisotopic (exact) mass is 210 g/mol. The van der Waals surface area contributed by atoms with Gasteiger partial charge in [-0.3, -0.25) is 0 Å². The molecule has 0 aliphatic heterocycles. The van der Waals surface area contributed by atoms with Crippen LogP contribution in [0.5, 0.6) is 0 Å². The molecule has 1 rings (SSSR count). The molecule has 13 heavy (non-hydrogen) atoms. The summed E-state index contributed by atoms with van der Waals surface area (Å²) in [6.07, 6.45) is 0.734. The Hall–Kier alpha value is -0.890. The normalized spacial score (nSPS) is 15.5. The summed E-state index contributed by atoms with van der Waals surface area (Å²) in [4.78, 5) is 0. The molecule has 0 fully saturated rings. The van der Waals surface area contributed by atoms with Crippen LogP contribution in [0.4, 0.5) is 16.8 Å². The molecule has 0 N–H and O–H groups in total. The number of hydrogen-bond acceptors (Lipinski definition) is 0. The van der Waals surface area contributed by atoms with E-state index < -0.39 is 7.85 Å². The summed E-state index contributed by atoms with van der Waals surface area (Å²) in [6, 6.07) is 7.79. The fourth-order valence-electron chi connectivity index (χ4n) is 0.763. The summed E-state index contributed by atoms with van der Waals surface area (Å²) in [5.41, 5.74) is 0.335. The molecule has 0 bridgehead atoms. The molecular formula is C8H7F4P. The van der Waals surface area contributed by atoms with E-state index in [0.717, 1.165) is 6.08 Å². The molecule has 1 aromatic rings. The van der Waals surface area contributed by atoms with Crippen molar-refractivity contribution in [1.29, 1.82) is 0 Å². The molecule has 72 valence electrons. The van der Waals surface area contributed by atoms with E-state index in [1.807, 2.05) is 0 Å². The first-order valence-electron chi connectivity index (χ1n) is 3.47. The first kappa shape index (κ1) is 10.2. The van der Waals surface area contributed by atoms with Crippen molar-refractivity contribution in [3.05, 3.63) is 41.7 Å². The topological polar surface area (TPSA) is 0 Å². The standard InChI is InChI=1S/C8H7F4P/c9-13(10,11,12)7-6-8-4-2-1-3-5-8/h1-7H. The van der Waals surface area contributed by atoms with Gasteiger partial charge in [0.2, 0.25) is 0 Å². The van der Waals surface area contributed by atoms with E-state index in [1.165, 1.54) is 12.1 Å². The Morgan fingerprint density at radius 1 is 0.923 bits per heavy atom. The quantitative estimate of drug-likeness (QED) is 0.488. The van der Waals surface area contributed by atoms with Crippen LogP contribution < -0.4 is 0 Å². The van der Waals surface area contributed by atoms with Gasteiger partial charge in [-0.05, 0) is 0 Å². The number of benzene rings is 1. The number of rotatable bonds is 2. The van der Waals surface area contributed by atoms with Crippen LogP contribution in [-0.2, 0) is 0 Å². The molecule has 0 aromatic heterocycles. The van der Waals surface area contributed by atoms with Gasteiger partial charge in [0, 0.05) is 0 Å². The Balaban J connectivity index is 2.82. The SMILES string of the molecule is FP(F)(F)(F)C=Cc1ccccc1. The molecule has 0 amide bonds. The molecule has 0 nitrogen and oxygen atoms in total. The Labute approximate surface area is 73.3 Å². The van der Waals surface area contributed by atoms with Gasteiger partial charge in [-0.25, -0.2) is 0 Å². The second-order valence-electron chi connectivity index (χ2n) is 2.50. The summed E-state index contributed by atoms with van der Waals surface area (Å²) in [5.74, 6) is -0.291. The van der Waals surface area contributed by atoms with Crippen LogP contribution in [0.2, 0.25) is 0 Å². The predicted octanol–water partition coefficient (Wildman–Crippen LogP) is 4.75. The van der Waals surface area contributed by atoms with Gasteiger partial charge in [0.15, 0.2) is 0 Å². The van der Waals surface area contributed by atoms with Crippen LogP contribution in [0.1, 0.15) is 5.56 Å². The zero-order valence-electron chi connectivity index (χ0n) is 6.50. The van der Waals surface area contributed by atoms with E-state index in [0.29, 0.717) is 5.56 Å². The molecule has 0 spiro atoms. The molecule has 5 heteroatoms. The van der Waals surface area contributed by atoms with Crippen molar-refractivity contribution in [2.24, 2.45) is 0 Å². The van der Waals surface area contributed by atoms with E-state index in [9.17, 15) is 16.8 Å². The van der Waals surface area contributed by atoms with Gasteiger partial charge in [-0.1, -0.05) is 0 Å². The first-order valence-corrected chi connectivity index (χ1v) is 5.34. The molecule has 0 saturated carbocycles. The second-order valence-corrected chi connectivity index (χ2v) is 4.35. The van der Waals surface area contributed by atoms with Crippen molar-refractivity contribution in [1.82, 2.24) is 0 Å². The molecule has 0 heterocycles. The molecule has 0 aliphatic carbocycles. The Kier molecular flexibility index (Phi) is 2.44. The third-order valence-electron chi connectivity index (χ3n) is 1.29. The number of halogens is 4. The van der Waals surface area contributed by atoms with Crippen LogP contribution in [0.25, 0.3) is 6.08 Å². The third-order valence-corrected chi connectivity index (χ3v) is 1.89. The van der Waals surface area contributed by atoms with Crippen LogP contribution in [0.15, 0.2) is 36.1 Å². The Bertz CT molecular complexity index is 303. The van der Waals surface area contributed by atoms with Crippen molar-refractivity contribution in [2.45, 2.75) is 0 Å². The van der Waals surface area contributed by atoms with E-state index in [4.69, 9.17) is 0 Å². The molecular weight excluding hydrogens is 203 g/mol. The summed E-state index contributed by atoms with van der Waals surface area (Å²) in [6.45, 7) is 0. The predicted molar refractivity (Wildman–Crippen MR) is 46.8 cm³/mol. The Morgan fingerprint density at radius 2 is 1.46 bits per heavy atom. The fraction of sp³-hybridized carbons (Fsp3) is 0. The minimum absolute atomic E-state index is 0.291. The second kappa shape index (κ2) is 3.11. The van der Waals surface area contributed by atoms with Gasteiger partial charge in [0.1, 0.15) is 0 Å². The first-order chi connectivity index (χ1) is 5.83. The van der Waals surface area contributed by atoms with Crippen LogP contribution >= 0.6 is 7.85 Å². The summed E-state index contributed by atoms with van der Waals surface area (Å²) in [5, 5.41) is 0. The van der Waals surface area contributed by atoms with Crippen molar-refractivity contribution >= 4 is 13.9 Å². The van der Waals surface area contributed by atoms with Crippen LogP contribution in [-0.4, -0.2) is 0 Å². The van der Waals surface area contributed by atoms with Gasteiger partial charge >= 0.3 is 72.4 Å². The van der Waals surface area contributed by atoms with Gasteiger partial charge in [0.05, 0.1) is 0 Å². The van der Waals surface area contributed by atoms with Crippen molar-refractivity contribution in [2.75, 3.05) is 0 Å². The molecule has 1 aromatic carbocycles. The molecule has 0 unspecified atom stereocenters. The van der Waals surface area contributed by atoms with Crippen LogP contribution in [0, 0.1) is 0 Å². The van der Waals surface area contributed by atoms with E-state index >= 15 is 0 Å². The number of hydrogen-bond donors (Lipinski definition) is 0. The summed E-state index contributed by atoms with van der Waals surface area (Å²) < 4.78 is 47.2. The maximum absolute atomic E-state index is 11.8. The Morgan fingerprint density at radius 3 is 1.92 bits per heavy atom. The molecule has 0 saturated heterocycles. The molecule has 0 atom stereocenters.